The highest BCUT2D eigenvalue weighted by Crippen LogP contribution is 2.20. The Hall–Kier alpha value is -1.44. The number of halogens is 2. The number of hydrogen-bond donors (Lipinski definition) is 1. The van der Waals surface area contributed by atoms with Gasteiger partial charge in [-0.3, -0.25) is 0 Å². The molecular weight excluding hydrogens is 307 g/mol. The lowest BCUT2D eigenvalue weighted by Gasteiger charge is -2.07. The van der Waals surface area contributed by atoms with Crippen LogP contribution in [0.15, 0.2) is 27.6 Å². The molecule has 8 heteroatoms. The summed E-state index contributed by atoms with van der Waals surface area (Å²) in [6.07, 6.45) is 0. The van der Waals surface area contributed by atoms with Crippen molar-refractivity contribution in [3.8, 4) is 0 Å². The van der Waals surface area contributed by atoms with E-state index in [1.807, 2.05) is 0 Å². The first-order chi connectivity index (χ1) is 9.31. The van der Waals surface area contributed by atoms with Crippen molar-refractivity contribution in [1.82, 2.24) is 9.88 Å². The summed E-state index contributed by atoms with van der Waals surface area (Å²) < 4.78 is 44.5. The third kappa shape index (κ3) is 3.00. The zero-order valence-corrected chi connectivity index (χ0v) is 12.3. The number of benzene rings is 1. The molecule has 0 bridgehead atoms. The lowest BCUT2D eigenvalue weighted by molar-refractivity contribution is 0.390. The van der Waals surface area contributed by atoms with Crippen LogP contribution in [0.5, 0.6) is 0 Å². The van der Waals surface area contributed by atoms with E-state index in [9.17, 15) is 12.8 Å². The predicted molar refractivity (Wildman–Crippen MR) is 71.4 cm³/mol. The lowest BCUT2D eigenvalue weighted by atomic mass is 10.2. The summed E-state index contributed by atoms with van der Waals surface area (Å²) in [6, 6.07) is 4.01. The topological polar surface area (TPSA) is 72.2 Å². The molecule has 0 aliphatic rings. The number of aryl methyl sites for hydroxylation is 2. The van der Waals surface area contributed by atoms with Crippen molar-refractivity contribution in [1.29, 1.82) is 0 Å². The molecule has 0 saturated carbocycles. The highest BCUT2D eigenvalue weighted by molar-refractivity contribution is 7.89. The van der Waals surface area contributed by atoms with E-state index < -0.39 is 15.8 Å². The first kappa shape index (κ1) is 15.0. The Morgan fingerprint density at radius 1 is 1.40 bits per heavy atom. The molecule has 20 heavy (non-hydrogen) atoms. The van der Waals surface area contributed by atoms with Crippen LogP contribution >= 0.6 is 11.6 Å². The number of aromatic nitrogens is 1. The Balaban J connectivity index is 2.19. The monoisotopic (exact) mass is 318 g/mol. The van der Waals surface area contributed by atoms with Crippen molar-refractivity contribution in [3.05, 3.63) is 46.1 Å². The van der Waals surface area contributed by atoms with E-state index in [4.69, 9.17) is 16.1 Å². The van der Waals surface area contributed by atoms with E-state index in [-0.39, 0.29) is 27.9 Å². The number of hydrogen-bond acceptors (Lipinski definition) is 4. The minimum Gasteiger partial charge on any atom is -0.360 e. The van der Waals surface area contributed by atoms with Gasteiger partial charge in [-0.1, -0.05) is 22.8 Å². The number of rotatable bonds is 4. The second-order valence-corrected chi connectivity index (χ2v) is 6.34. The zero-order chi connectivity index (χ0) is 14.9. The van der Waals surface area contributed by atoms with Gasteiger partial charge in [0.1, 0.15) is 16.4 Å². The molecule has 1 aromatic carbocycles. The maximum atomic E-state index is 13.0. The zero-order valence-electron chi connectivity index (χ0n) is 10.8. The van der Waals surface area contributed by atoms with Crippen LogP contribution in [0.2, 0.25) is 5.02 Å². The summed E-state index contributed by atoms with van der Waals surface area (Å²) in [5, 5.41) is 3.54. The summed E-state index contributed by atoms with van der Waals surface area (Å²) >= 11 is 5.64. The molecule has 2 rings (SSSR count). The van der Waals surface area contributed by atoms with Gasteiger partial charge >= 0.3 is 0 Å². The van der Waals surface area contributed by atoms with Crippen LogP contribution < -0.4 is 4.72 Å². The standard InChI is InChI=1S/C12H12ClFN2O3S/c1-7-12(8(2)19-16-7)20(17,18)15-6-9-3-4-11(14)10(13)5-9/h3-5,15H,6H2,1-2H3. The van der Waals surface area contributed by atoms with Crippen molar-refractivity contribution in [2.24, 2.45) is 0 Å². The van der Waals surface area contributed by atoms with E-state index in [1.54, 1.807) is 6.92 Å². The van der Waals surface area contributed by atoms with Crippen LogP contribution in [0, 0.1) is 19.7 Å². The number of sulfonamides is 1. The molecule has 0 unspecified atom stereocenters. The highest BCUT2D eigenvalue weighted by atomic mass is 35.5. The van der Waals surface area contributed by atoms with Crippen LogP contribution in [0.1, 0.15) is 17.0 Å². The van der Waals surface area contributed by atoms with E-state index in [0.29, 0.717) is 5.56 Å². The quantitative estimate of drug-likeness (QED) is 0.940. The Bertz CT molecular complexity index is 724. The van der Waals surface area contributed by atoms with Crippen LogP contribution in [0.4, 0.5) is 4.39 Å². The summed E-state index contributed by atoms with van der Waals surface area (Å²) in [5.41, 5.74) is 0.832. The molecule has 0 saturated heterocycles. The van der Waals surface area contributed by atoms with Gasteiger partial charge in [0, 0.05) is 6.54 Å². The van der Waals surface area contributed by atoms with Gasteiger partial charge in [-0.05, 0) is 31.5 Å². The Morgan fingerprint density at radius 2 is 2.10 bits per heavy atom. The Kier molecular flexibility index (Phi) is 4.12. The van der Waals surface area contributed by atoms with Gasteiger partial charge in [-0.15, -0.1) is 0 Å². The molecule has 0 spiro atoms. The minimum absolute atomic E-state index is 0.00755. The average Bonchev–Trinajstić information content (AvgIpc) is 2.71. The molecule has 1 aromatic heterocycles. The molecule has 0 radical (unpaired) electrons. The molecule has 0 aliphatic carbocycles. The van der Waals surface area contributed by atoms with Crippen molar-refractivity contribution in [2.75, 3.05) is 0 Å². The second kappa shape index (κ2) is 5.51. The first-order valence-corrected chi connectivity index (χ1v) is 7.54. The maximum Gasteiger partial charge on any atom is 0.246 e. The molecule has 0 fully saturated rings. The molecule has 0 atom stereocenters. The van der Waals surface area contributed by atoms with Gasteiger partial charge in [0.25, 0.3) is 0 Å². The molecule has 0 amide bonds. The van der Waals surface area contributed by atoms with Gasteiger partial charge in [-0.25, -0.2) is 17.5 Å². The van der Waals surface area contributed by atoms with Crippen molar-refractivity contribution in [3.63, 3.8) is 0 Å². The predicted octanol–water partition coefficient (Wildman–Crippen LogP) is 2.56. The summed E-state index contributed by atoms with van der Waals surface area (Å²) in [7, 11) is -3.74. The van der Waals surface area contributed by atoms with Crippen LogP contribution in [-0.4, -0.2) is 13.6 Å². The first-order valence-electron chi connectivity index (χ1n) is 5.67. The van der Waals surface area contributed by atoms with Crippen LogP contribution in [0.25, 0.3) is 0 Å². The van der Waals surface area contributed by atoms with Gasteiger partial charge in [0.15, 0.2) is 5.76 Å². The largest absolute Gasteiger partial charge is 0.360 e. The van der Waals surface area contributed by atoms with E-state index >= 15 is 0 Å². The number of nitrogens with one attached hydrogen (secondary N) is 1. The smallest absolute Gasteiger partial charge is 0.246 e. The molecule has 108 valence electrons. The summed E-state index contributed by atoms with van der Waals surface area (Å²) in [5.74, 6) is -0.337. The third-order valence-electron chi connectivity index (χ3n) is 2.69. The van der Waals surface area contributed by atoms with Crippen molar-refractivity contribution in [2.45, 2.75) is 25.3 Å². The highest BCUT2D eigenvalue weighted by Gasteiger charge is 2.23. The van der Waals surface area contributed by atoms with E-state index in [0.717, 1.165) is 0 Å². The molecule has 1 N–H and O–H groups in total. The lowest BCUT2D eigenvalue weighted by Crippen LogP contribution is -2.24. The molecule has 5 nitrogen and oxygen atoms in total. The van der Waals surface area contributed by atoms with Gasteiger partial charge in [0.05, 0.1) is 5.02 Å². The van der Waals surface area contributed by atoms with Gasteiger partial charge in [-0.2, -0.15) is 0 Å². The SMILES string of the molecule is Cc1noc(C)c1S(=O)(=O)NCc1ccc(F)c(Cl)c1. The molecular formula is C12H12ClFN2O3S. The fourth-order valence-electron chi connectivity index (χ4n) is 1.76. The van der Waals surface area contributed by atoms with Crippen LogP contribution in [0.3, 0.4) is 0 Å². The van der Waals surface area contributed by atoms with Crippen molar-refractivity contribution < 1.29 is 17.3 Å². The Morgan fingerprint density at radius 3 is 2.65 bits per heavy atom. The maximum absolute atomic E-state index is 13.0. The second-order valence-electron chi connectivity index (χ2n) is 4.23. The minimum atomic E-state index is -3.74. The van der Waals surface area contributed by atoms with Gasteiger partial charge < -0.3 is 4.52 Å². The molecule has 2 aromatic rings. The van der Waals surface area contributed by atoms with E-state index in [1.165, 1.54) is 25.1 Å². The van der Waals surface area contributed by atoms with Crippen molar-refractivity contribution >= 4 is 21.6 Å². The van der Waals surface area contributed by atoms with Crippen LogP contribution in [-0.2, 0) is 16.6 Å². The normalized spacial score (nSPS) is 11.8. The fourth-order valence-corrected chi connectivity index (χ4v) is 3.30. The Labute approximate surface area is 120 Å². The van der Waals surface area contributed by atoms with Gasteiger partial charge in [0.2, 0.25) is 10.0 Å². The summed E-state index contributed by atoms with van der Waals surface area (Å²) in [4.78, 5) is 0.0192. The number of nitrogens with zero attached hydrogens (tertiary/aromatic N) is 1. The molecule has 0 aliphatic heterocycles. The third-order valence-corrected chi connectivity index (χ3v) is 4.62. The average molecular weight is 319 g/mol. The summed E-state index contributed by atoms with van der Waals surface area (Å²) in [6.45, 7) is 3.05. The molecule has 1 heterocycles. The van der Waals surface area contributed by atoms with E-state index in [2.05, 4.69) is 9.88 Å². The fraction of sp³-hybridized carbons (Fsp3) is 0.250.